The molecule has 0 spiro atoms. The van der Waals surface area contributed by atoms with Gasteiger partial charge in [0.2, 0.25) is 10.0 Å². The molecule has 0 amide bonds. The van der Waals surface area contributed by atoms with Gasteiger partial charge >= 0.3 is 0 Å². The minimum atomic E-state index is -3.32. The van der Waals surface area contributed by atoms with Gasteiger partial charge in [0, 0.05) is 38.6 Å². The Labute approximate surface area is 164 Å². The predicted molar refractivity (Wildman–Crippen MR) is 112 cm³/mol. The lowest BCUT2D eigenvalue weighted by Crippen LogP contribution is -2.37. The van der Waals surface area contributed by atoms with E-state index in [0.29, 0.717) is 6.54 Å². The van der Waals surface area contributed by atoms with Gasteiger partial charge in [0.25, 0.3) is 0 Å². The van der Waals surface area contributed by atoms with E-state index in [1.807, 2.05) is 20.2 Å². The van der Waals surface area contributed by atoms with Gasteiger partial charge in [-0.3, -0.25) is 0 Å². The molecule has 2 aromatic carbocycles. The number of benzene rings is 2. The van der Waals surface area contributed by atoms with Crippen molar-refractivity contribution in [1.82, 2.24) is 4.72 Å². The Hall–Kier alpha value is -1.57. The van der Waals surface area contributed by atoms with E-state index in [1.165, 1.54) is 11.3 Å². The zero-order valence-corrected chi connectivity index (χ0v) is 17.4. The van der Waals surface area contributed by atoms with E-state index in [4.69, 9.17) is 0 Å². The van der Waals surface area contributed by atoms with Crippen LogP contribution in [0, 0.1) is 0 Å². The first kappa shape index (κ1) is 19.2. The Morgan fingerprint density at radius 1 is 1.15 bits per heavy atom. The van der Waals surface area contributed by atoms with Crippen LogP contribution in [-0.2, 0) is 16.4 Å². The van der Waals surface area contributed by atoms with Gasteiger partial charge in [-0.05, 0) is 35.7 Å². The van der Waals surface area contributed by atoms with Crippen LogP contribution in [0.3, 0.4) is 0 Å². The molecule has 0 aromatic heterocycles. The highest BCUT2D eigenvalue weighted by atomic mass is 79.9. The summed E-state index contributed by atoms with van der Waals surface area (Å²) in [6, 6.07) is 16.6. The summed E-state index contributed by atoms with van der Waals surface area (Å²) in [5.74, 6) is 0. The SMILES string of the molecule is CN(C)c1ccc(C(CNS(=O)(=O)CBr)N2CCc3ccccc32)cc1. The van der Waals surface area contributed by atoms with Gasteiger partial charge in [-0.15, -0.1) is 0 Å². The molecule has 5 nitrogen and oxygen atoms in total. The largest absolute Gasteiger partial charge is 0.378 e. The molecular weight excluding hydrogens is 414 g/mol. The van der Waals surface area contributed by atoms with Gasteiger partial charge in [0.1, 0.15) is 4.66 Å². The molecular formula is C19H24BrN3O2S. The van der Waals surface area contributed by atoms with E-state index < -0.39 is 10.0 Å². The summed E-state index contributed by atoms with van der Waals surface area (Å²) in [4.78, 5) is 4.36. The van der Waals surface area contributed by atoms with Crippen LogP contribution in [0.4, 0.5) is 11.4 Å². The van der Waals surface area contributed by atoms with Crippen LogP contribution in [0.2, 0.25) is 0 Å². The van der Waals surface area contributed by atoms with Crippen LogP contribution in [-0.4, -0.2) is 40.3 Å². The van der Waals surface area contributed by atoms with Crippen molar-refractivity contribution in [2.24, 2.45) is 0 Å². The van der Waals surface area contributed by atoms with E-state index in [0.717, 1.165) is 24.2 Å². The second-order valence-electron chi connectivity index (χ2n) is 6.65. The van der Waals surface area contributed by atoms with E-state index >= 15 is 0 Å². The fraction of sp³-hybridized carbons (Fsp3) is 0.368. The second kappa shape index (κ2) is 7.98. The van der Waals surface area contributed by atoms with Gasteiger partial charge in [0.05, 0.1) is 6.04 Å². The zero-order chi connectivity index (χ0) is 18.7. The number of anilines is 2. The normalized spacial score (nSPS) is 15.0. The number of nitrogens with one attached hydrogen (secondary N) is 1. The molecule has 1 unspecified atom stereocenters. The number of sulfonamides is 1. The molecule has 0 bridgehead atoms. The van der Waals surface area contributed by atoms with E-state index in [9.17, 15) is 8.42 Å². The van der Waals surface area contributed by atoms with Crippen LogP contribution < -0.4 is 14.5 Å². The van der Waals surface area contributed by atoms with Gasteiger partial charge in [-0.1, -0.05) is 46.3 Å². The first-order chi connectivity index (χ1) is 12.4. The molecule has 0 saturated heterocycles. The van der Waals surface area contributed by atoms with E-state index in [2.05, 4.69) is 72.9 Å². The molecule has 1 heterocycles. The topological polar surface area (TPSA) is 52.7 Å². The highest BCUT2D eigenvalue weighted by molar-refractivity contribution is 9.10. The van der Waals surface area contributed by atoms with Crippen LogP contribution >= 0.6 is 15.9 Å². The number of halogens is 1. The highest BCUT2D eigenvalue weighted by Gasteiger charge is 2.28. The van der Waals surface area contributed by atoms with Gasteiger partial charge in [0.15, 0.2) is 0 Å². The van der Waals surface area contributed by atoms with E-state index in [1.54, 1.807) is 0 Å². The molecule has 1 aliphatic heterocycles. The number of rotatable bonds is 7. The van der Waals surface area contributed by atoms with Gasteiger partial charge in [-0.25, -0.2) is 13.1 Å². The number of nitrogens with zero attached hydrogens (tertiary/aromatic N) is 2. The maximum Gasteiger partial charge on any atom is 0.221 e. The number of alkyl halides is 1. The quantitative estimate of drug-likeness (QED) is 0.675. The summed E-state index contributed by atoms with van der Waals surface area (Å²) < 4.78 is 26.5. The maximum atomic E-state index is 12.0. The van der Waals surface area contributed by atoms with Crippen LogP contribution in [0.15, 0.2) is 48.5 Å². The first-order valence-corrected chi connectivity index (χ1v) is 11.3. The third-order valence-electron chi connectivity index (χ3n) is 4.73. The summed E-state index contributed by atoms with van der Waals surface area (Å²) in [6.45, 7) is 1.22. The molecule has 7 heteroatoms. The minimum absolute atomic E-state index is 0.0521. The molecule has 0 radical (unpaired) electrons. The standard InChI is InChI=1S/C19H24BrN3O2S/c1-22(2)17-9-7-16(8-10-17)19(13-21-26(24,25)14-20)23-12-11-15-5-3-4-6-18(15)23/h3-10,19,21H,11-14H2,1-2H3. The van der Waals surface area contributed by atoms with Crippen molar-refractivity contribution in [3.8, 4) is 0 Å². The van der Waals surface area contributed by atoms with Gasteiger partial charge in [-0.2, -0.15) is 0 Å². The fourth-order valence-electron chi connectivity index (χ4n) is 3.33. The lowest BCUT2D eigenvalue weighted by atomic mass is 10.0. The van der Waals surface area contributed by atoms with E-state index in [-0.39, 0.29) is 10.7 Å². The smallest absolute Gasteiger partial charge is 0.221 e. The molecule has 140 valence electrons. The molecule has 1 atom stereocenters. The summed E-state index contributed by atoms with van der Waals surface area (Å²) in [5, 5.41) is 0. The second-order valence-corrected chi connectivity index (χ2v) is 9.76. The average molecular weight is 438 g/mol. The van der Waals surface area contributed by atoms with Crippen molar-refractivity contribution < 1.29 is 8.42 Å². The summed E-state index contributed by atoms with van der Waals surface area (Å²) in [7, 11) is 0.695. The Kier molecular flexibility index (Phi) is 5.89. The van der Waals surface area contributed by atoms with Crippen molar-refractivity contribution in [2.45, 2.75) is 12.5 Å². The van der Waals surface area contributed by atoms with Crippen molar-refractivity contribution in [1.29, 1.82) is 0 Å². The number of hydrogen-bond acceptors (Lipinski definition) is 4. The lowest BCUT2D eigenvalue weighted by molar-refractivity contribution is 0.567. The third-order valence-corrected chi connectivity index (χ3v) is 7.44. The fourth-order valence-corrected chi connectivity index (χ4v) is 4.31. The van der Waals surface area contributed by atoms with Crippen molar-refractivity contribution in [3.05, 3.63) is 59.7 Å². The Morgan fingerprint density at radius 2 is 1.85 bits per heavy atom. The maximum absolute atomic E-state index is 12.0. The number of hydrogen-bond donors (Lipinski definition) is 1. The van der Waals surface area contributed by atoms with Crippen molar-refractivity contribution in [2.75, 3.05) is 41.6 Å². The molecule has 26 heavy (non-hydrogen) atoms. The monoisotopic (exact) mass is 437 g/mol. The van der Waals surface area contributed by atoms with Crippen molar-refractivity contribution >= 4 is 37.3 Å². The first-order valence-electron chi connectivity index (χ1n) is 8.56. The molecule has 1 aliphatic rings. The summed E-state index contributed by atoms with van der Waals surface area (Å²) in [5.41, 5.74) is 4.72. The van der Waals surface area contributed by atoms with Crippen LogP contribution in [0.5, 0.6) is 0 Å². The molecule has 1 N–H and O–H groups in total. The average Bonchev–Trinajstić information content (AvgIpc) is 3.06. The summed E-state index contributed by atoms with van der Waals surface area (Å²) in [6.07, 6.45) is 0.980. The van der Waals surface area contributed by atoms with Crippen LogP contribution in [0.1, 0.15) is 17.2 Å². The Bertz CT molecular complexity index is 853. The predicted octanol–water partition coefficient (Wildman–Crippen LogP) is 3.13. The number of fused-ring (bicyclic) bond motifs is 1. The van der Waals surface area contributed by atoms with Gasteiger partial charge < -0.3 is 9.80 Å². The zero-order valence-electron chi connectivity index (χ0n) is 15.0. The Balaban J connectivity index is 1.92. The molecule has 0 aliphatic carbocycles. The molecule has 2 aromatic rings. The minimum Gasteiger partial charge on any atom is -0.378 e. The number of para-hydroxylation sites is 1. The Morgan fingerprint density at radius 3 is 2.50 bits per heavy atom. The van der Waals surface area contributed by atoms with Crippen LogP contribution in [0.25, 0.3) is 0 Å². The lowest BCUT2D eigenvalue weighted by Gasteiger charge is -2.31. The molecule has 0 saturated carbocycles. The summed E-state index contributed by atoms with van der Waals surface area (Å²) >= 11 is 3.04. The third kappa shape index (κ3) is 4.22. The van der Waals surface area contributed by atoms with Crippen molar-refractivity contribution in [3.63, 3.8) is 0 Å². The molecule has 0 fully saturated rings. The molecule has 3 rings (SSSR count). The highest BCUT2D eigenvalue weighted by Crippen LogP contribution is 2.35.